The molecule has 82 valence electrons. The van der Waals surface area contributed by atoms with Gasteiger partial charge in [-0.15, -0.1) is 0 Å². The number of allylic oxidation sites excluding steroid dienone is 1. The minimum Gasteiger partial charge on any atom is -0.449 e. The Bertz CT molecular complexity index is 209. The van der Waals surface area contributed by atoms with Crippen molar-refractivity contribution in [1.82, 2.24) is 5.32 Å². The van der Waals surface area contributed by atoms with E-state index >= 15 is 0 Å². The molecule has 0 heterocycles. The summed E-state index contributed by atoms with van der Waals surface area (Å²) in [5, 5.41) is 11.5. The fraction of sp³-hybridized carbons (Fsp3) is 0.700. The molecule has 0 saturated heterocycles. The third-order valence-corrected chi connectivity index (χ3v) is 2.10. The Kier molecular flexibility index (Phi) is 5.23. The lowest BCUT2D eigenvalue weighted by atomic mass is 9.90. The number of carbonyl (C=O) groups excluding carboxylic acids is 1. The predicted octanol–water partition coefficient (Wildman–Crippen LogP) is 1.65. The second-order valence-electron chi connectivity index (χ2n) is 3.80. The number of aliphatic hydroxyl groups excluding tert-OH is 1. The summed E-state index contributed by atoms with van der Waals surface area (Å²) in [6, 6.07) is 0. The van der Waals surface area contributed by atoms with Crippen LogP contribution in [0.4, 0.5) is 4.79 Å². The van der Waals surface area contributed by atoms with Crippen LogP contribution >= 0.6 is 0 Å². The highest BCUT2D eigenvalue weighted by Crippen LogP contribution is 2.20. The van der Waals surface area contributed by atoms with Gasteiger partial charge in [0.15, 0.2) is 0 Å². The molecule has 0 aliphatic carbocycles. The highest BCUT2D eigenvalue weighted by atomic mass is 16.5. The SMILES string of the molecule is C=C(C)NC(=O)OCC(C)(CC)CO. The van der Waals surface area contributed by atoms with Crippen molar-refractivity contribution in [2.24, 2.45) is 5.41 Å². The van der Waals surface area contributed by atoms with Crippen molar-refractivity contribution >= 4 is 6.09 Å². The zero-order chi connectivity index (χ0) is 11.2. The molecule has 4 nitrogen and oxygen atoms in total. The molecule has 0 saturated carbocycles. The van der Waals surface area contributed by atoms with Gasteiger partial charge in [-0.25, -0.2) is 4.79 Å². The van der Waals surface area contributed by atoms with Crippen molar-refractivity contribution in [2.75, 3.05) is 13.2 Å². The van der Waals surface area contributed by atoms with E-state index in [0.717, 1.165) is 6.42 Å². The van der Waals surface area contributed by atoms with E-state index in [4.69, 9.17) is 9.84 Å². The number of nitrogens with one attached hydrogen (secondary N) is 1. The van der Waals surface area contributed by atoms with Crippen LogP contribution in [0.2, 0.25) is 0 Å². The first-order valence-corrected chi connectivity index (χ1v) is 4.63. The standard InChI is InChI=1S/C10H19NO3/c1-5-10(4,6-12)7-14-9(13)11-8(2)3/h12H,2,5-7H2,1,3-4H3,(H,11,13). The molecule has 0 aromatic heterocycles. The van der Waals surface area contributed by atoms with Gasteiger partial charge in [-0.05, 0) is 13.3 Å². The Balaban J connectivity index is 3.92. The molecule has 0 aromatic carbocycles. The predicted molar refractivity (Wildman–Crippen MR) is 54.8 cm³/mol. The summed E-state index contributed by atoms with van der Waals surface area (Å²) in [6.45, 7) is 9.21. The molecule has 0 fully saturated rings. The lowest BCUT2D eigenvalue weighted by Gasteiger charge is -2.24. The first-order chi connectivity index (χ1) is 6.43. The lowest BCUT2D eigenvalue weighted by Crippen LogP contribution is -2.31. The summed E-state index contributed by atoms with van der Waals surface area (Å²) < 4.78 is 4.93. The lowest BCUT2D eigenvalue weighted by molar-refractivity contribution is 0.0481. The molecule has 14 heavy (non-hydrogen) atoms. The molecule has 0 spiro atoms. The molecular weight excluding hydrogens is 182 g/mol. The van der Waals surface area contributed by atoms with Crippen LogP contribution in [0, 0.1) is 5.41 Å². The summed E-state index contributed by atoms with van der Waals surface area (Å²) in [6.07, 6.45) is 0.231. The summed E-state index contributed by atoms with van der Waals surface area (Å²) in [5.74, 6) is 0. The fourth-order valence-electron chi connectivity index (χ4n) is 0.710. The fourth-order valence-corrected chi connectivity index (χ4v) is 0.710. The van der Waals surface area contributed by atoms with Gasteiger partial charge in [0.1, 0.15) is 6.61 Å². The van der Waals surface area contributed by atoms with Gasteiger partial charge >= 0.3 is 6.09 Å². The van der Waals surface area contributed by atoms with Crippen molar-refractivity contribution in [3.05, 3.63) is 12.3 Å². The second-order valence-corrected chi connectivity index (χ2v) is 3.80. The van der Waals surface area contributed by atoms with Gasteiger partial charge in [0, 0.05) is 11.1 Å². The maximum absolute atomic E-state index is 11.1. The minimum atomic E-state index is -0.523. The normalized spacial score (nSPS) is 14.3. The van der Waals surface area contributed by atoms with E-state index in [1.165, 1.54) is 0 Å². The highest BCUT2D eigenvalue weighted by Gasteiger charge is 2.23. The van der Waals surface area contributed by atoms with Crippen LogP contribution in [0.15, 0.2) is 12.3 Å². The number of rotatable bonds is 5. The largest absolute Gasteiger partial charge is 0.449 e. The Morgan fingerprint density at radius 3 is 2.57 bits per heavy atom. The monoisotopic (exact) mass is 201 g/mol. The third-order valence-electron chi connectivity index (χ3n) is 2.10. The summed E-state index contributed by atoms with van der Waals surface area (Å²) in [5.41, 5.74) is 0.184. The molecule has 1 amide bonds. The number of hydrogen-bond acceptors (Lipinski definition) is 3. The average molecular weight is 201 g/mol. The molecule has 2 N–H and O–H groups in total. The Hall–Kier alpha value is -1.03. The van der Waals surface area contributed by atoms with E-state index in [1.54, 1.807) is 6.92 Å². The maximum Gasteiger partial charge on any atom is 0.411 e. The summed E-state index contributed by atoms with van der Waals surface area (Å²) in [7, 11) is 0. The van der Waals surface area contributed by atoms with Crippen LogP contribution in [0.1, 0.15) is 27.2 Å². The first kappa shape index (κ1) is 13.0. The number of alkyl carbamates (subject to hydrolysis) is 1. The van der Waals surface area contributed by atoms with Crippen LogP contribution < -0.4 is 5.32 Å². The molecule has 0 aliphatic heterocycles. The maximum atomic E-state index is 11.1. The van der Waals surface area contributed by atoms with Gasteiger partial charge in [-0.2, -0.15) is 0 Å². The van der Waals surface area contributed by atoms with Gasteiger partial charge < -0.3 is 9.84 Å². The van der Waals surface area contributed by atoms with Crippen molar-refractivity contribution in [1.29, 1.82) is 0 Å². The molecule has 0 rings (SSSR count). The van der Waals surface area contributed by atoms with Crippen LogP contribution in [-0.2, 0) is 4.74 Å². The van der Waals surface area contributed by atoms with E-state index in [-0.39, 0.29) is 18.6 Å². The summed E-state index contributed by atoms with van der Waals surface area (Å²) in [4.78, 5) is 11.1. The number of carbonyl (C=O) groups is 1. The van der Waals surface area contributed by atoms with E-state index < -0.39 is 6.09 Å². The van der Waals surface area contributed by atoms with Gasteiger partial charge in [0.2, 0.25) is 0 Å². The zero-order valence-electron chi connectivity index (χ0n) is 9.09. The summed E-state index contributed by atoms with van der Waals surface area (Å²) >= 11 is 0. The van der Waals surface area contributed by atoms with E-state index in [9.17, 15) is 4.79 Å². The number of amides is 1. The van der Waals surface area contributed by atoms with Crippen LogP contribution in [-0.4, -0.2) is 24.4 Å². The van der Waals surface area contributed by atoms with Crippen LogP contribution in [0.5, 0.6) is 0 Å². The second kappa shape index (κ2) is 5.65. The van der Waals surface area contributed by atoms with Gasteiger partial charge in [0.05, 0.1) is 6.61 Å². The van der Waals surface area contributed by atoms with E-state index in [0.29, 0.717) is 5.70 Å². The van der Waals surface area contributed by atoms with E-state index in [2.05, 4.69) is 11.9 Å². The topological polar surface area (TPSA) is 58.6 Å². The molecule has 0 bridgehead atoms. The third kappa shape index (κ3) is 4.87. The Morgan fingerprint density at radius 2 is 2.21 bits per heavy atom. The Labute approximate surface area is 85.0 Å². The number of hydrogen-bond donors (Lipinski definition) is 2. The van der Waals surface area contributed by atoms with Crippen molar-refractivity contribution < 1.29 is 14.6 Å². The molecule has 1 unspecified atom stereocenters. The average Bonchev–Trinajstić information content (AvgIpc) is 2.13. The van der Waals surface area contributed by atoms with Gasteiger partial charge in [0.25, 0.3) is 0 Å². The molecule has 1 atom stereocenters. The van der Waals surface area contributed by atoms with E-state index in [1.807, 2.05) is 13.8 Å². The first-order valence-electron chi connectivity index (χ1n) is 4.63. The number of aliphatic hydroxyl groups is 1. The van der Waals surface area contributed by atoms with Crippen LogP contribution in [0.3, 0.4) is 0 Å². The van der Waals surface area contributed by atoms with Crippen molar-refractivity contribution in [2.45, 2.75) is 27.2 Å². The quantitative estimate of drug-likeness (QED) is 0.711. The molecular formula is C10H19NO3. The van der Waals surface area contributed by atoms with Crippen LogP contribution in [0.25, 0.3) is 0 Å². The Morgan fingerprint density at radius 1 is 1.64 bits per heavy atom. The van der Waals surface area contributed by atoms with Crippen molar-refractivity contribution in [3.8, 4) is 0 Å². The smallest absolute Gasteiger partial charge is 0.411 e. The van der Waals surface area contributed by atoms with Gasteiger partial charge in [-0.1, -0.05) is 20.4 Å². The molecule has 0 aliphatic rings. The van der Waals surface area contributed by atoms with Gasteiger partial charge in [-0.3, -0.25) is 5.32 Å². The highest BCUT2D eigenvalue weighted by molar-refractivity contribution is 5.69. The molecule has 4 heteroatoms. The minimum absolute atomic E-state index is 0.00382. The molecule has 0 radical (unpaired) electrons. The molecule has 0 aromatic rings. The number of ether oxygens (including phenoxy) is 1. The zero-order valence-corrected chi connectivity index (χ0v) is 9.09. The van der Waals surface area contributed by atoms with Crippen molar-refractivity contribution in [3.63, 3.8) is 0 Å².